The van der Waals surface area contributed by atoms with E-state index in [2.05, 4.69) is 15.7 Å². The van der Waals surface area contributed by atoms with Gasteiger partial charge in [-0.25, -0.2) is 4.98 Å². The van der Waals surface area contributed by atoms with E-state index < -0.39 is 0 Å². The van der Waals surface area contributed by atoms with Gasteiger partial charge in [-0.1, -0.05) is 12.1 Å². The summed E-state index contributed by atoms with van der Waals surface area (Å²) in [4.78, 5) is 19.3. The first kappa shape index (κ1) is 16.2. The number of carbonyl (C=O) groups excluding carboxylic acids is 1. The predicted molar refractivity (Wildman–Crippen MR) is 95.3 cm³/mol. The third kappa shape index (κ3) is 3.86. The minimum Gasteiger partial charge on any atom is -0.508 e. The number of amides is 1. The number of hydrogen-bond donors (Lipinski definition) is 1. The molecule has 1 atom stereocenters. The molecular formula is C20H25N3O2. The molecule has 1 aliphatic carbocycles. The monoisotopic (exact) mass is 339 g/mol. The molecular weight excluding hydrogens is 314 g/mol. The fourth-order valence-corrected chi connectivity index (χ4v) is 3.73. The van der Waals surface area contributed by atoms with Crippen molar-refractivity contribution >= 4 is 5.91 Å². The minimum absolute atomic E-state index is 0.163. The van der Waals surface area contributed by atoms with Crippen molar-refractivity contribution in [2.75, 3.05) is 13.1 Å². The second kappa shape index (κ2) is 6.90. The number of hydrogen-bond acceptors (Lipinski definition) is 3. The van der Waals surface area contributed by atoms with Crippen LogP contribution in [0, 0.1) is 5.92 Å². The Bertz CT molecular complexity index is 734. The highest BCUT2D eigenvalue weighted by atomic mass is 16.3. The van der Waals surface area contributed by atoms with Crippen LogP contribution in [0.1, 0.15) is 43.0 Å². The maximum atomic E-state index is 12.7. The molecule has 1 N–H and O–H groups in total. The number of imidazole rings is 1. The molecule has 1 saturated carbocycles. The van der Waals surface area contributed by atoms with Gasteiger partial charge in [-0.2, -0.15) is 0 Å². The Morgan fingerprint density at radius 2 is 2.00 bits per heavy atom. The fourth-order valence-electron chi connectivity index (χ4n) is 3.73. The van der Waals surface area contributed by atoms with E-state index >= 15 is 0 Å². The second-order valence-corrected chi connectivity index (χ2v) is 7.40. The number of phenolic OH excluding ortho intramolecular Hbond substituents is 1. The molecule has 1 saturated heterocycles. The van der Waals surface area contributed by atoms with Gasteiger partial charge in [-0.05, 0) is 49.3 Å². The molecule has 2 aliphatic rings. The highest BCUT2D eigenvalue weighted by Crippen LogP contribution is 2.33. The van der Waals surface area contributed by atoms with Gasteiger partial charge in [-0.3, -0.25) is 4.79 Å². The van der Waals surface area contributed by atoms with Crippen LogP contribution in [0.15, 0.2) is 36.7 Å². The average molecular weight is 339 g/mol. The lowest BCUT2D eigenvalue weighted by Crippen LogP contribution is -2.40. The van der Waals surface area contributed by atoms with Crippen molar-refractivity contribution in [1.82, 2.24) is 14.5 Å². The minimum atomic E-state index is 0.163. The van der Waals surface area contributed by atoms with E-state index in [0.29, 0.717) is 12.3 Å². The average Bonchev–Trinajstić information content (AvgIpc) is 3.32. The molecule has 1 amide bonds. The zero-order valence-corrected chi connectivity index (χ0v) is 14.5. The first-order chi connectivity index (χ1) is 12.2. The Labute approximate surface area is 148 Å². The molecule has 25 heavy (non-hydrogen) atoms. The van der Waals surface area contributed by atoms with E-state index in [1.54, 1.807) is 12.1 Å². The maximum Gasteiger partial charge on any atom is 0.227 e. The van der Waals surface area contributed by atoms with Crippen LogP contribution in [0.2, 0.25) is 0 Å². The van der Waals surface area contributed by atoms with Crippen molar-refractivity contribution in [3.05, 3.63) is 48.0 Å². The number of carbonyl (C=O) groups is 1. The number of piperidine rings is 1. The molecule has 132 valence electrons. The van der Waals surface area contributed by atoms with E-state index in [1.165, 1.54) is 12.8 Å². The van der Waals surface area contributed by atoms with E-state index in [9.17, 15) is 9.90 Å². The standard InChI is InChI=1S/C20H25N3O2/c24-18-7-5-15(6-8-18)12-19(25)22-10-1-2-17(14-22)20-21-9-11-23(20)13-16-3-4-16/h5-9,11,16-17,24H,1-4,10,12-14H2. The van der Waals surface area contributed by atoms with E-state index in [1.807, 2.05) is 23.2 Å². The van der Waals surface area contributed by atoms with Gasteiger partial charge in [0.05, 0.1) is 6.42 Å². The molecule has 0 bridgehead atoms. The fraction of sp³-hybridized carbons (Fsp3) is 0.500. The van der Waals surface area contributed by atoms with Crippen molar-refractivity contribution in [2.45, 2.75) is 44.6 Å². The molecule has 1 aromatic heterocycles. The van der Waals surface area contributed by atoms with Gasteiger partial charge in [0, 0.05) is 37.9 Å². The van der Waals surface area contributed by atoms with Crippen LogP contribution in [0.25, 0.3) is 0 Å². The summed E-state index contributed by atoms with van der Waals surface area (Å²) >= 11 is 0. The van der Waals surface area contributed by atoms with Crippen molar-refractivity contribution in [3.8, 4) is 5.75 Å². The van der Waals surface area contributed by atoms with Gasteiger partial charge >= 0.3 is 0 Å². The summed E-state index contributed by atoms with van der Waals surface area (Å²) in [5, 5.41) is 9.37. The summed E-state index contributed by atoms with van der Waals surface area (Å²) in [5.41, 5.74) is 0.945. The zero-order chi connectivity index (χ0) is 17.2. The topological polar surface area (TPSA) is 58.4 Å². The normalized spacial score (nSPS) is 20.6. The van der Waals surface area contributed by atoms with Crippen molar-refractivity contribution in [2.24, 2.45) is 5.92 Å². The van der Waals surface area contributed by atoms with Gasteiger partial charge in [0.25, 0.3) is 0 Å². The van der Waals surface area contributed by atoms with Crippen LogP contribution >= 0.6 is 0 Å². The lowest BCUT2D eigenvalue weighted by molar-refractivity contribution is -0.131. The van der Waals surface area contributed by atoms with Crippen LogP contribution in [0.4, 0.5) is 0 Å². The van der Waals surface area contributed by atoms with Crippen molar-refractivity contribution in [3.63, 3.8) is 0 Å². The molecule has 5 nitrogen and oxygen atoms in total. The zero-order valence-electron chi connectivity index (χ0n) is 14.5. The van der Waals surface area contributed by atoms with E-state index in [0.717, 1.165) is 49.8 Å². The number of nitrogens with zero attached hydrogens (tertiary/aromatic N) is 3. The van der Waals surface area contributed by atoms with Gasteiger partial charge in [0.2, 0.25) is 5.91 Å². The Hall–Kier alpha value is -2.30. The Morgan fingerprint density at radius 3 is 2.76 bits per heavy atom. The molecule has 2 heterocycles. The Balaban J connectivity index is 1.41. The van der Waals surface area contributed by atoms with Gasteiger partial charge in [0.1, 0.15) is 11.6 Å². The summed E-state index contributed by atoms with van der Waals surface area (Å²) in [6.45, 7) is 2.67. The highest BCUT2D eigenvalue weighted by Gasteiger charge is 2.29. The van der Waals surface area contributed by atoms with Crippen LogP contribution in [0.3, 0.4) is 0 Å². The summed E-state index contributed by atoms with van der Waals surface area (Å²) in [6, 6.07) is 6.90. The molecule has 4 rings (SSSR count). The summed E-state index contributed by atoms with van der Waals surface area (Å²) in [5.74, 6) is 2.71. The number of aromatic hydroxyl groups is 1. The summed E-state index contributed by atoms with van der Waals surface area (Å²) < 4.78 is 2.30. The largest absolute Gasteiger partial charge is 0.508 e. The first-order valence-corrected chi connectivity index (χ1v) is 9.26. The predicted octanol–water partition coefficient (Wildman–Crippen LogP) is 2.95. The first-order valence-electron chi connectivity index (χ1n) is 9.26. The van der Waals surface area contributed by atoms with E-state index in [-0.39, 0.29) is 11.7 Å². The Kier molecular flexibility index (Phi) is 4.47. The van der Waals surface area contributed by atoms with Crippen molar-refractivity contribution in [1.29, 1.82) is 0 Å². The number of phenols is 1. The molecule has 0 radical (unpaired) electrons. The van der Waals surface area contributed by atoms with Crippen LogP contribution < -0.4 is 0 Å². The molecule has 5 heteroatoms. The molecule has 0 spiro atoms. The van der Waals surface area contributed by atoms with Gasteiger partial charge in [0.15, 0.2) is 0 Å². The number of rotatable bonds is 5. The van der Waals surface area contributed by atoms with Gasteiger partial charge in [-0.15, -0.1) is 0 Å². The SMILES string of the molecule is O=C(Cc1ccc(O)cc1)N1CCCC(c2nccn2CC2CC2)C1. The summed E-state index contributed by atoms with van der Waals surface area (Å²) in [7, 11) is 0. The molecule has 2 aromatic rings. The van der Waals surface area contributed by atoms with Crippen LogP contribution in [0.5, 0.6) is 5.75 Å². The molecule has 1 aliphatic heterocycles. The number of aromatic nitrogens is 2. The number of likely N-dealkylation sites (tertiary alicyclic amines) is 1. The lowest BCUT2D eigenvalue weighted by Gasteiger charge is -2.33. The van der Waals surface area contributed by atoms with Gasteiger partial charge < -0.3 is 14.6 Å². The smallest absolute Gasteiger partial charge is 0.227 e. The highest BCUT2D eigenvalue weighted by molar-refractivity contribution is 5.79. The third-order valence-corrected chi connectivity index (χ3v) is 5.33. The summed E-state index contributed by atoms with van der Waals surface area (Å²) in [6.07, 6.45) is 9.18. The maximum absolute atomic E-state index is 12.7. The van der Waals surface area contributed by atoms with Crippen LogP contribution in [-0.2, 0) is 17.8 Å². The van der Waals surface area contributed by atoms with Crippen molar-refractivity contribution < 1.29 is 9.90 Å². The number of benzene rings is 1. The van der Waals surface area contributed by atoms with E-state index in [4.69, 9.17) is 0 Å². The second-order valence-electron chi connectivity index (χ2n) is 7.40. The lowest BCUT2D eigenvalue weighted by atomic mass is 9.96. The van der Waals surface area contributed by atoms with Crippen LogP contribution in [-0.4, -0.2) is 38.6 Å². The molecule has 1 unspecified atom stereocenters. The Morgan fingerprint density at radius 1 is 1.20 bits per heavy atom. The quantitative estimate of drug-likeness (QED) is 0.911. The molecule has 1 aromatic carbocycles. The molecule has 2 fully saturated rings. The third-order valence-electron chi connectivity index (χ3n) is 5.33.